The molecule has 1 atom stereocenters. The van der Waals surface area contributed by atoms with E-state index in [1.54, 1.807) is 14.2 Å². The van der Waals surface area contributed by atoms with Gasteiger partial charge in [-0.3, -0.25) is 4.68 Å². The summed E-state index contributed by atoms with van der Waals surface area (Å²) in [6, 6.07) is 0.527. The standard InChI is InChI=1S/C12H23N3O2/c1-9(2)15-8-11(7-14-15)6-13-10(3)12(16-4)17-5/h7-10,12-13H,6H2,1-5H3. The van der Waals surface area contributed by atoms with Gasteiger partial charge in [0.25, 0.3) is 0 Å². The number of ether oxygens (including phenoxy) is 2. The normalized spacial score (nSPS) is 13.6. The zero-order valence-corrected chi connectivity index (χ0v) is 11.3. The van der Waals surface area contributed by atoms with Crippen molar-refractivity contribution in [3.8, 4) is 0 Å². The minimum absolute atomic E-state index is 0.132. The van der Waals surface area contributed by atoms with E-state index in [1.165, 1.54) is 0 Å². The van der Waals surface area contributed by atoms with Crippen LogP contribution >= 0.6 is 0 Å². The number of nitrogens with zero attached hydrogens (tertiary/aromatic N) is 2. The molecule has 0 amide bonds. The average Bonchev–Trinajstić information content (AvgIpc) is 2.76. The molecular formula is C12H23N3O2. The fourth-order valence-corrected chi connectivity index (χ4v) is 1.63. The summed E-state index contributed by atoms with van der Waals surface area (Å²) < 4.78 is 12.3. The Morgan fingerprint density at radius 2 is 1.94 bits per heavy atom. The van der Waals surface area contributed by atoms with E-state index in [0.29, 0.717) is 6.04 Å². The van der Waals surface area contributed by atoms with Gasteiger partial charge in [-0.25, -0.2) is 0 Å². The van der Waals surface area contributed by atoms with E-state index in [4.69, 9.17) is 9.47 Å². The number of rotatable bonds is 7. The minimum atomic E-state index is -0.227. The molecule has 1 rings (SSSR count). The molecule has 0 saturated heterocycles. The highest BCUT2D eigenvalue weighted by Crippen LogP contribution is 2.06. The molecule has 0 aliphatic rings. The SMILES string of the molecule is COC(OC)C(C)NCc1cnn(C(C)C)c1. The number of hydrogen-bond acceptors (Lipinski definition) is 4. The molecule has 0 aromatic carbocycles. The van der Waals surface area contributed by atoms with Gasteiger partial charge in [0.05, 0.1) is 12.2 Å². The molecule has 1 aromatic heterocycles. The predicted molar refractivity (Wildman–Crippen MR) is 66.7 cm³/mol. The third kappa shape index (κ3) is 4.11. The fourth-order valence-electron chi connectivity index (χ4n) is 1.63. The van der Waals surface area contributed by atoms with Crippen molar-refractivity contribution >= 4 is 0 Å². The summed E-state index contributed by atoms with van der Waals surface area (Å²) in [5.41, 5.74) is 1.16. The van der Waals surface area contributed by atoms with Crippen LogP contribution in [0.5, 0.6) is 0 Å². The molecule has 0 aliphatic heterocycles. The zero-order valence-electron chi connectivity index (χ0n) is 11.3. The Hall–Kier alpha value is -0.910. The Morgan fingerprint density at radius 3 is 2.41 bits per heavy atom. The van der Waals surface area contributed by atoms with Crippen LogP contribution in [0.3, 0.4) is 0 Å². The van der Waals surface area contributed by atoms with Gasteiger partial charge in [0.2, 0.25) is 0 Å². The highest BCUT2D eigenvalue weighted by atomic mass is 16.7. The Bertz CT molecular complexity index is 321. The maximum Gasteiger partial charge on any atom is 0.171 e. The van der Waals surface area contributed by atoms with Gasteiger partial charge < -0.3 is 14.8 Å². The van der Waals surface area contributed by atoms with E-state index in [0.717, 1.165) is 12.1 Å². The number of nitrogens with one attached hydrogen (secondary N) is 1. The Balaban J connectivity index is 2.44. The molecule has 5 heteroatoms. The predicted octanol–water partition coefficient (Wildman–Crippen LogP) is 1.56. The number of aromatic nitrogens is 2. The van der Waals surface area contributed by atoms with Crippen molar-refractivity contribution in [2.24, 2.45) is 0 Å². The van der Waals surface area contributed by atoms with Crippen molar-refractivity contribution < 1.29 is 9.47 Å². The van der Waals surface area contributed by atoms with Gasteiger partial charge in [0.1, 0.15) is 0 Å². The van der Waals surface area contributed by atoms with Crippen LogP contribution in [0.2, 0.25) is 0 Å². The molecule has 1 heterocycles. The first kappa shape index (κ1) is 14.2. The van der Waals surface area contributed by atoms with E-state index in [-0.39, 0.29) is 12.3 Å². The summed E-state index contributed by atoms with van der Waals surface area (Å²) in [5, 5.41) is 7.64. The van der Waals surface area contributed by atoms with E-state index >= 15 is 0 Å². The van der Waals surface area contributed by atoms with E-state index < -0.39 is 0 Å². The van der Waals surface area contributed by atoms with Crippen molar-refractivity contribution in [1.82, 2.24) is 15.1 Å². The van der Waals surface area contributed by atoms with Gasteiger partial charge in [-0.2, -0.15) is 5.10 Å². The van der Waals surface area contributed by atoms with Gasteiger partial charge in [-0.1, -0.05) is 0 Å². The lowest BCUT2D eigenvalue weighted by molar-refractivity contribution is -0.119. The van der Waals surface area contributed by atoms with Crippen LogP contribution in [-0.2, 0) is 16.0 Å². The molecule has 0 spiro atoms. The van der Waals surface area contributed by atoms with Crippen LogP contribution in [0.25, 0.3) is 0 Å². The Labute approximate surface area is 103 Å². The lowest BCUT2D eigenvalue weighted by atomic mass is 10.3. The maximum absolute atomic E-state index is 5.19. The summed E-state index contributed by atoms with van der Waals surface area (Å²) in [4.78, 5) is 0. The fraction of sp³-hybridized carbons (Fsp3) is 0.750. The monoisotopic (exact) mass is 241 g/mol. The molecule has 0 saturated carbocycles. The highest BCUT2D eigenvalue weighted by molar-refractivity contribution is 5.04. The smallest absolute Gasteiger partial charge is 0.171 e. The first-order chi connectivity index (χ1) is 8.08. The second-order valence-corrected chi connectivity index (χ2v) is 4.43. The first-order valence-corrected chi connectivity index (χ1v) is 5.90. The van der Waals surface area contributed by atoms with Crippen LogP contribution in [0.1, 0.15) is 32.4 Å². The molecule has 17 heavy (non-hydrogen) atoms. The van der Waals surface area contributed by atoms with Gasteiger partial charge in [0, 0.05) is 38.6 Å². The number of hydrogen-bond donors (Lipinski definition) is 1. The van der Waals surface area contributed by atoms with Crippen molar-refractivity contribution in [3.63, 3.8) is 0 Å². The highest BCUT2D eigenvalue weighted by Gasteiger charge is 2.15. The van der Waals surface area contributed by atoms with Crippen molar-refractivity contribution in [2.75, 3.05) is 14.2 Å². The van der Waals surface area contributed by atoms with Crippen LogP contribution in [0.4, 0.5) is 0 Å². The second-order valence-electron chi connectivity index (χ2n) is 4.43. The summed E-state index contributed by atoms with van der Waals surface area (Å²) in [6.45, 7) is 7.01. The molecule has 0 radical (unpaired) electrons. The van der Waals surface area contributed by atoms with Gasteiger partial charge >= 0.3 is 0 Å². The van der Waals surface area contributed by atoms with E-state index in [2.05, 4.69) is 30.5 Å². The Kier molecular flexibility index (Phi) is 5.61. The minimum Gasteiger partial charge on any atom is -0.354 e. The van der Waals surface area contributed by atoms with E-state index in [1.807, 2.05) is 17.8 Å². The van der Waals surface area contributed by atoms with Crippen molar-refractivity contribution in [1.29, 1.82) is 0 Å². The van der Waals surface area contributed by atoms with Crippen LogP contribution in [-0.4, -0.2) is 36.3 Å². The average molecular weight is 241 g/mol. The molecule has 0 fully saturated rings. The molecule has 1 aromatic rings. The molecule has 0 aliphatic carbocycles. The second kappa shape index (κ2) is 6.74. The largest absolute Gasteiger partial charge is 0.354 e. The molecular weight excluding hydrogens is 218 g/mol. The molecule has 1 N–H and O–H groups in total. The van der Waals surface area contributed by atoms with Crippen molar-refractivity contribution in [2.45, 2.75) is 45.7 Å². The first-order valence-electron chi connectivity index (χ1n) is 5.90. The molecule has 5 nitrogen and oxygen atoms in total. The zero-order chi connectivity index (χ0) is 12.8. The third-order valence-electron chi connectivity index (χ3n) is 2.69. The lowest BCUT2D eigenvalue weighted by Crippen LogP contribution is -2.39. The van der Waals surface area contributed by atoms with Gasteiger partial charge in [-0.15, -0.1) is 0 Å². The van der Waals surface area contributed by atoms with Gasteiger partial charge in [-0.05, 0) is 20.8 Å². The van der Waals surface area contributed by atoms with Crippen LogP contribution < -0.4 is 5.32 Å². The van der Waals surface area contributed by atoms with Gasteiger partial charge in [0.15, 0.2) is 6.29 Å². The molecule has 0 bridgehead atoms. The maximum atomic E-state index is 5.19. The number of methoxy groups -OCH3 is 2. The topological polar surface area (TPSA) is 48.3 Å². The quantitative estimate of drug-likeness (QED) is 0.736. The summed E-state index contributed by atoms with van der Waals surface area (Å²) in [7, 11) is 3.28. The van der Waals surface area contributed by atoms with Crippen molar-refractivity contribution in [3.05, 3.63) is 18.0 Å². The lowest BCUT2D eigenvalue weighted by Gasteiger charge is -2.21. The van der Waals surface area contributed by atoms with Crippen LogP contribution in [0, 0.1) is 0 Å². The summed E-state index contributed by atoms with van der Waals surface area (Å²) in [6.07, 6.45) is 3.71. The van der Waals surface area contributed by atoms with E-state index in [9.17, 15) is 0 Å². The molecule has 1 unspecified atom stereocenters. The Morgan fingerprint density at radius 1 is 1.29 bits per heavy atom. The third-order valence-corrected chi connectivity index (χ3v) is 2.69. The van der Waals surface area contributed by atoms with Crippen LogP contribution in [0.15, 0.2) is 12.4 Å². The summed E-state index contributed by atoms with van der Waals surface area (Å²) in [5.74, 6) is 0. The summed E-state index contributed by atoms with van der Waals surface area (Å²) >= 11 is 0. The molecule has 98 valence electrons.